The molecule has 2 amide bonds. The number of carbonyl (C=O) groups is 3. The second-order valence-corrected chi connectivity index (χ2v) is 10.9. The molecule has 0 bridgehead atoms. The topological polar surface area (TPSA) is 105 Å². The number of rotatable bonds is 5. The molecule has 6 atom stereocenters. The Morgan fingerprint density at radius 2 is 1.84 bits per heavy atom. The van der Waals surface area contributed by atoms with Crippen LogP contribution in [0.5, 0.6) is 0 Å². The third-order valence-corrected chi connectivity index (χ3v) is 9.08. The van der Waals surface area contributed by atoms with E-state index >= 15 is 0 Å². The number of piperazine rings is 1. The van der Waals surface area contributed by atoms with E-state index in [1.807, 2.05) is 23.8 Å². The number of hydrogen-bond donors (Lipinski definition) is 2. The number of thioether (sulfide) groups is 1. The van der Waals surface area contributed by atoms with Gasteiger partial charge in [-0.2, -0.15) is 0 Å². The second kappa shape index (κ2) is 9.13. The number of nitrogens with zero attached hydrogens (tertiary/aromatic N) is 4. The number of aliphatic hydroxyl groups is 1. The first-order valence-corrected chi connectivity index (χ1v) is 11.8. The van der Waals surface area contributed by atoms with E-state index < -0.39 is 16.8 Å². The lowest BCUT2D eigenvalue weighted by atomic mass is 9.78. The van der Waals surface area contributed by atoms with E-state index in [1.165, 1.54) is 16.7 Å². The Morgan fingerprint density at radius 3 is 2.41 bits per heavy atom. The van der Waals surface area contributed by atoms with E-state index in [0.29, 0.717) is 13.0 Å². The number of carbonyl (C=O) groups excluding carboxylic acids is 2. The quantitative estimate of drug-likeness (QED) is 0.518. The van der Waals surface area contributed by atoms with Gasteiger partial charge < -0.3 is 20.0 Å². The van der Waals surface area contributed by atoms with Crippen molar-refractivity contribution in [2.75, 3.05) is 46.8 Å². The Balaban J connectivity index is 0.00000289. The van der Waals surface area contributed by atoms with Gasteiger partial charge in [-0.25, -0.2) is 4.79 Å². The van der Waals surface area contributed by atoms with Crippen molar-refractivity contribution in [1.82, 2.24) is 19.6 Å². The van der Waals surface area contributed by atoms with Gasteiger partial charge in [0.05, 0.1) is 18.2 Å². The average molecular weight is 489 g/mol. The number of β-lactam (4-membered cyclic amide) rings is 1. The largest absolute Gasteiger partial charge is 0.477 e. The maximum atomic E-state index is 13.2. The van der Waals surface area contributed by atoms with Crippen LogP contribution in [0, 0.1) is 5.92 Å². The number of likely N-dealkylation sites (tertiary alicyclic amines) is 1. The Bertz CT molecular complexity index is 818. The molecule has 9 nitrogen and oxygen atoms in total. The van der Waals surface area contributed by atoms with Crippen LogP contribution >= 0.6 is 24.2 Å². The van der Waals surface area contributed by atoms with Crippen molar-refractivity contribution in [2.45, 2.75) is 48.5 Å². The minimum absolute atomic E-state index is 0. The highest BCUT2D eigenvalue weighted by atomic mass is 35.5. The highest BCUT2D eigenvalue weighted by Gasteiger charge is 2.69. The van der Waals surface area contributed by atoms with Crippen molar-refractivity contribution < 1.29 is 24.6 Å². The highest BCUT2D eigenvalue weighted by molar-refractivity contribution is 8.02. The van der Waals surface area contributed by atoms with E-state index in [1.54, 1.807) is 13.0 Å². The van der Waals surface area contributed by atoms with Crippen LogP contribution in [0.2, 0.25) is 0 Å². The third kappa shape index (κ3) is 3.83. The number of carboxylic acid groups (broad SMARTS) is 1. The molecule has 4 rings (SSSR count). The van der Waals surface area contributed by atoms with Gasteiger partial charge in [0.25, 0.3) is 0 Å². The van der Waals surface area contributed by atoms with Crippen LogP contribution in [-0.4, -0.2) is 123 Å². The fourth-order valence-electron chi connectivity index (χ4n) is 5.53. The molecule has 2 unspecified atom stereocenters. The average Bonchev–Trinajstić information content (AvgIpc) is 3.23. The van der Waals surface area contributed by atoms with Crippen LogP contribution in [0.25, 0.3) is 0 Å². The number of likely N-dealkylation sites (N-methyl/N-ethyl adjacent to an activating group) is 2. The number of aliphatic hydroxyl groups excluding tert-OH is 1. The summed E-state index contributed by atoms with van der Waals surface area (Å²) >= 11 is 1.44. The fourth-order valence-corrected chi connectivity index (χ4v) is 7.53. The van der Waals surface area contributed by atoms with Crippen LogP contribution in [0.4, 0.5) is 0 Å². The molecule has 0 spiro atoms. The number of hydrogen-bond acceptors (Lipinski definition) is 7. The number of halogens is 1. The van der Waals surface area contributed by atoms with Gasteiger partial charge in [-0.3, -0.25) is 19.4 Å². The van der Waals surface area contributed by atoms with Gasteiger partial charge in [0.1, 0.15) is 10.4 Å². The number of fused-ring (bicyclic) bond motifs is 1. The zero-order valence-electron chi connectivity index (χ0n) is 18.9. The molecule has 4 aliphatic heterocycles. The lowest BCUT2D eigenvalue weighted by molar-refractivity contribution is -0.158. The normalized spacial score (nSPS) is 36.3. The standard InChI is InChI=1S/C21H32N4O5S.ClH/c1-12-9-16(19(28)29)25-17(12)21(13(2)26,20(25)30)31-14-10-15(23(4)11-14)18(27)24-7-5-22(3)6-8-24;/h9,12-15,17,26H,5-8,10-11H2,1-4H3,(H,28,29);1H/t12-,13?,14+,15+,17+,21?;/m1./s1. The van der Waals surface area contributed by atoms with E-state index in [-0.39, 0.29) is 53.2 Å². The molecule has 3 saturated heterocycles. The molecule has 32 heavy (non-hydrogen) atoms. The summed E-state index contributed by atoms with van der Waals surface area (Å²) in [7, 11) is 3.99. The lowest BCUT2D eigenvalue weighted by Gasteiger charge is -2.56. The van der Waals surface area contributed by atoms with Gasteiger partial charge in [-0.1, -0.05) is 6.92 Å². The summed E-state index contributed by atoms with van der Waals surface area (Å²) in [4.78, 5) is 45.4. The monoisotopic (exact) mass is 488 g/mol. The van der Waals surface area contributed by atoms with Crippen molar-refractivity contribution in [1.29, 1.82) is 0 Å². The molecular formula is C21H33ClN4O5S. The van der Waals surface area contributed by atoms with Crippen molar-refractivity contribution >= 4 is 42.0 Å². The lowest BCUT2D eigenvalue weighted by Crippen LogP contribution is -2.76. The minimum atomic E-state index is -1.12. The Hall–Kier alpha value is -1.33. The summed E-state index contributed by atoms with van der Waals surface area (Å²) in [5, 5.41) is 20.1. The van der Waals surface area contributed by atoms with E-state index in [4.69, 9.17) is 0 Å². The zero-order chi connectivity index (χ0) is 22.7. The molecule has 4 aliphatic rings. The predicted octanol–water partition coefficient (Wildman–Crippen LogP) is -0.0633. The van der Waals surface area contributed by atoms with E-state index in [9.17, 15) is 24.6 Å². The van der Waals surface area contributed by atoms with Crippen LogP contribution in [0.15, 0.2) is 11.8 Å². The molecule has 0 aliphatic carbocycles. The van der Waals surface area contributed by atoms with Gasteiger partial charge in [-0.05, 0) is 39.4 Å². The van der Waals surface area contributed by atoms with Gasteiger partial charge >= 0.3 is 5.97 Å². The number of carboxylic acids is 1. The summed E-state index contributed by atoms with van der Waals surface area (Å²) in [6, 6.07) is -0.610. The van der Waals surface area contributed by atoms with Crippen molar-refractivity contribution in [3.05, 3.63) is 11.8 Å². The summed E-state index contributed by atoms with van der Waals surface area (Å²) in [5.41, 5.74) is 0.00559. The van der Waals surface area contributed by atoms with Crippen molar-refractivity contribution in [3.8, 4) is 0 Å². The minimum Gasteiger partial charge on any atom is -0.477 e. The van der Waals surface area contributed by atoms with Crippen LogP contribution in [-0.2, 0) is 14.4 Å². The van der Waals surface area contributed by atoms with Crippen LogP contribution < -0.4 is 0 Å². The summed E-state index contributed by atoms with van der Waals surface area (Å²) < 4.78 is -1.08. The number of aliphatic carboxylic acids is 1. The van der Waals surface area contributed by atoms with Gasteiger partial charge in [0.15, 0.2) is 0 Å². The molecular weight excluding hydrogens is 456 g/mol. The van der Waals surface area contributed by atoms with Gasteiger partial charge in [0.2, 0.25) is 11.8 Å². The first-order valence-electron chi connectivity index (χ1n) is 10.9. The molecule has 180 valence electrons. The zero-order valence-corrected chi connectivity index (χ0v) is 20.6. The molecule has 3 fully saturated rings. The van der Waals surface area contributed by atoms with Crippen LogP contribution in [0.1, 0.15) is 20.3 Å². The maximum Gasteiger partial charge on any atom is 0.352 e. The Labute approximate surface area is 199 Å². The van der Waals surface area contributed by atoms with Gasteiger partial charge in [0, 0.05) is 38.0 Å². The summed E-state index contributed by atoms with van der Waals surface area (Å²) in [5.74, 6) is -1.49. The molecule has 0 aromatic carbocycles. The van der Waals surface area contributed by atoms with E-state index in [0.717, 1.165) is 26.2 Å². The molecule has 0 radical (unpaired) electrons. The first kappa shape index (κ1) is 25.3. The molecule has 0 aromatic heterocycles. The Morgan fingerprint density at radius 1 is 1.22 bits per heavy atom. The van der Waals surface area contributed by atoms with Gasteiger partial charge in [-0.15, -0.1) is 24.2 Å². The molecule has 0 saturated carbocycles. The predicted molar refractivity (Wildman–Crippen MR) is 124 cm³/mol. The maximum absolute atomic E-state index is 13.2. The molecule has 0 aromatic rings. The molecule has 2 N–H and O–H groups in total. The van der Waals surface area contributed by atoms with Crippen molar-refractivity contribution in [3.63, 3.8) is 0 Å². The van der Waals surface area contributed by atoms with Crippen LogP contribution in [0.3, 0.4) is 0 Å². The Kier molecular flexibility index (Phi) is 7.22. The molecule has 4 heterocycles. The first-order chi connectivity index (χ1) is 14.6. The van der Waals surface area contributed by atoms with E-state index in [2.05, 4.69) is 11.9 Å². The second-order valence-electron chi connectivity index (χ2n) is 9.36. The fraction of sp³-hybridized carbons (Fsp3) is 0.762. The van der Waals surface area contributed by atoms with Crippen molar-refractivity contribution in [2.24, 2.45) is 5.92 Å². The summed E-state index contributed by atoms with van der Waals surface area (Å²) in [6.45, 7) is 7.34. The number of amides is 2. The summed E-state index contributed by atoms with van der Waals surface area (Å²) in [6.07, 6.45) is 1.30. The smallest absolute Gasteiger partial charge is 0.352 e. The highest BCUT2D eigenvalue weighted by Crippen LogP contribution is 2.55. The third-order valence-electron chi connectivity index (χ3n) is 7.26. The SMILES string of the molecule is CC(O)C1(S[C@H]2C[C@@H](C(=O)N3CCN(C)CC3)N(C)C2)C(=O)N2C(C(=O)O)=C[C@@H](C)[C@H]21.Cl. The molecule has 11 heteroatoms.